The van der Waals surface area contributed by atoms with Gasteiger partial charge in [-0.3, -0.25) is 0 Å². The van der Waals surface area contributed by atoms with E-state index >= 15 is 0 Å². The van der Waals surface area contributed by atoms with E-state index in [1.807, 2.05) is 53.4 Å². The van der Waals surface area contributed by atoms with Gasteiger partial charge in [0.1, 0.15) is 0 Å². The summed E-state index contributed by atoms with van der Waals surface area (Å²) in [5, 5.41) is 5.77. The van der Waals surface area contributed by atoms with Crippen molar-refractivity contribution in [2.24, 2.45) is 0 Å². The number of amides is 4. The van der Waals surface area contributed by atoms with Gasteiger partial charge >= 0.3 is 12.1 Å². The van der Waals surface area contributed by atoms with Gasteiger partial charge in [0, 0.05) is 49.9 Å². The zero-order chi connectivity index (χ0) is 16.5. The second-order valence-corrected chi connectivity index (χ2v) is 6.05. The minimum absolute atomic E-state index is 0.0283. The van der Waals surface area contributed by atoms with Crippen LogP contribution < -0.4 is 10.6 Å². The van der Waals surface area contributed by atoms with Crippen molar-refractivity contribution in [3.8, 4) is 5.69 Å². The molecule has 7 heteroatoms. The van der Waals surface area contributed by atoms with Crippen molar-refractivity contribution in [1.29, 1.82) is 0 Å². The van der Waals surface area contributed by atoms with E-state index in [9.17, 15) is 9.59 Å². The van der Waals surface area contributed by atoms with E-state index in [0.29, 0.717) is 26.2 Å². The van der Waals surface area contributed by atoms with Gasteiger partial charge in [0.2, 0.25) is 0 Å². The second kappa shape index (κ2) is 5.92. The van der Waals surface area contributed by atoms with Crippen LogP contribution in [0.3, 0.4) is 0 Å². The molecule has 0 unspecified atom stereocenters. The summed E-state index contributed by atoms with van der Waals surface area (Å²) in [5.41, 5.74) is 1.75. The fourth-order valence-electron chi connectivity index (χ4n) is 3.24. The lowest BCUT2D eigenvalue weighted by Crippen LogP contribution is -2.54. The van der Waals surface area contributed by atoms with Gasteiger partial charge in [-0.1, -0.05) is 6.07 Å². The third-order valence-electron chi connectivity index (χ3n) is 4.52. The molecule has 124 valence electrons. The molecule has 0 bridgehead atoms. The summed E-state index contributed by atoms with van der Waals surface area (Å²) in [6.07, 6.45) is 3.93. The smallest absolute Gasteiger partial charge is 0.321 e. The monoisotopic (exact) mass is 325 g/mol. The van der Waals surface area contributed by atoms with Gasteiger partial charge in [0.05, 0.1) is 6.04 Å². The number of benzene rings is 1. The van der Waals surface area contributed by atoms with E-state index in [-0.39, 0.29) is 18.1 Å². The molecule has 2 fully saturated rings. The van der Waals surface area contributed by atoms with Crippen molar-refractivity contribution in [3.05, 3.63) is 48.8 Å². The van der Waals surface area contributed by atoms with Gasteiger partial charge in [-0.15, -0.1) is 0 Å². The maximum absolute atomic E-state index is 12.5. The highest BCUT2D eigenvalue weighted by Gasteiger charge is 2.36. The summed E-state index contributed by atoms with van der Waals surface area (Å²) < 4.78 is 1.99. The van der Waals surface area contributed by atoms with Crippen LogP contribution in [0.25, 0.3) is 5.69 Å². The van der Waals surface area contributed by atoms with Gasteiger partial charge in [0.15, 0.2) is 0 Å². The summed E-state index contributed by atoms with van der Waals surface area (Å²) >= 11 is 0. The minimum Gasteiger partial charge on any atom is -0.336 e. The van der Waals surface area contributed by atoms with Gasteiger partial charge in [-0.05, 0) is 30.3 Å². The first-order valence-electron chi connectivity index (χ1n) is 8.04. The van der Waals surface area contributed by atoms with E-state index in [2.05, 4.69) is 10.6 Å². The Balaban J connectivity index is 1.43. The van der Waals surface area contributed by atoms with Gasteiger partial charge in [-0.2, -0.15) is 0 Å². The Labute approximate surface area is 139 Å². The third-order valence-corrected chi connectivity index (χ3v) is 4.52. The number of urea groups is 2. The molecule has 1 atom stereocenters. The predicted molar refractivity (Wildman–Crippen MR) is 90.3 cm³/mol. The molecule has 2 N–H and O–H groups in total. The molecule has 2 aliphatic rings. The quantitative estimate of drug-likeness (QED) is 0.883. The minimum atomic E-state index is -0.126. The van der Waals surface area contributed by atoms with Gasteiger partial charge in [0.25, 0.3) is 0 Å². The summed E-state index contributed by atoms with van der Waals surface area (Å²) in [4.78, 5) is 27.7. The first-order valence-corrected chi connectivity index (χ1v) is 8.04. The van der Waals surface area contributed by atoms with Crippen LogP contribution in [-0.2, 0) is 0 Å². The number of nitrogens with one attached hydrogen (secondary N) is 2. The Bertz CT molecular complexity index is 758. The van der Waals surface area contributed by atoms with Crippen molar-refractivity contribution < 1.29 is 9.59 Å². The van der Waals surface area contributed by atoms with Crippen molar-refractivity contribution in [3.63, 3.8) is 0 Å². The number of piperazine rings is 1. The molecular weight excluding hydrogens is 306 g/mol. The molecule has 24 heavy (non-hydrogen) atoms. The SMILES string of the molecule is O=C(Nc1cccc(-n2cccc2)c1)N1CCN2C(=O)NC[C@@H]2C1. The molecule has 2 aliphatic heterocycles. The first-order chi connectivity index (χ1) is 11.7. The highest BCUT2D eigenvalue weighted by Crippen LogP contribution is 2.18. The molecule has 0 saturated carbocycles. The Hall–Kier alpha value is -2.96. The van der Waals surface area contributed by atoms with Crippen LogP contribution in [0.1, 0.15) is 0 Å². The average Bonchev–Trinajstić information content (AvgIpc) is 3.25. The molecule has 4 rings (SSSR count). The van der Waals surface area contributed by atoms with E-state index in [0.717, 1.165) is 11.4 Å². The zero-order valence-corrected chi connectivity index (χ0v) is 13.2. The van der Waals surface area contributed by atoms with E-state index in [4.69, 9.17) is 0 Å². The number of anilines is 1. The highest BCUT2D eigenvalue weighted by atomic mass is 16.2. The van der Waals surface area contributed by atoms with E-state index < -0.39 is 0 Å². The standard InChI is InChI=1S/C17H19N5O2/c23-16-18-11-15-12-21(8-9-22(15)16)17(24)19-13-4-3-5-14(10-13)20-6-1-2-7-20/h1-7,10,15H,8-9,11-12H2,(H,18,23)(H,19,24)/t15-/m1/s1. The molecule has 2 aromatic rings. The first kappa shape index (κ1) is 14.6. The fourth-order valence-corrected chi connectivity index (χ4v) is 3.24. The summed E-state index contributed by atoms with van der Waals surface area (Å²) in [6.45, 7) is 2.29. The van der Waals surface area contributed by atoms with Crippen molar-refractivity contribution >= 4 is 17.7 Å². The van der Waals surface area contributed by atoms with Crippen LogP contribution in [0, 0.1) is 0 Å². The maximum Gasteiger partial charge on any atom is 0.321 e. The molecule has 2 saturated heterocycles. The lowest BCUT2D eigenvalue weighted by atomic mass is 10.2. The van der Waals surface area contributed by atoms with Crippen LogP contribution in [-0.4, -0.2) is 58.7 Å². The number of hydrogen-bond acceptors (Lipinski definition) is 2. The Morgan fingerprint density at radius 2 is 2.00 bits per heavy atom. The van der Waals surface area contributed by atoms with Gasteiger partial charge in [-0.25, -0.2) is 9.59 Å². The Morgan fingerprint density at radius 1 is 1.17 bits per heavy atom. The Morgan fingerprint density at radius 3 is 2.83 bits per heavy atom. The molecule has 0 spiro atoms. The summed E-state index contributed by atoms with van der Waals surface area (Å²) in [7, 11) is 0. The molecule has 1 aromatic carbocycles. The second-order valence-electron chi connectivity index (χ2n) is 6.05. The highest BCUT2D eigenvalue weighted by molar-refractivity contribution is 5.90. The third kappa shape index (κ3) is 2.68. The van der Waals surface area contributed by atoms with E-state index in [1.54, 1.807) is 9.80 Å². The van der Waals surface area contributed by atoms with Crippen molar-refractivity contribution in [1.82, 2.24) is 19.7 Å². The number of carbonyl (C=O) groups is 2. The van der Waals surface area contributed by atoms with Crippen LogP contribution in [0.5, 0.6) is 0 Å². The zero-order valence-electron chi connectivity index (χ0n) is 13.2. The van der Waals surface area contributed by atoms with Crippen LogP contribution in [0.15, 0.2) is 48.8 Å². The molecule has 0 radical (unpaired) electrons. The number of rotatable bonds is 2. The largest absolute Gasteiger partial charge is 0.336 e. The maximum atomic E-state index is 12.5. The predicted octanol–water partition coefficient (Wildman–Crippen LogP) is 1.72. The lowest BCUT2D eigenvalue weighted by Gasteiger charge is -2.36. The number of nitrogens with zero attached hydrogens (tertiary/aromatic N) is 3. The van der Waals surface area contributed by atoms with Gasteiger partial charge < -0.3 is 25.0 Å². The molecule has 3 heterocycles. The Kier molecular flexibility index (Phi) is 3.60. The van der Waals surface area contributed by atoms with Crippen LogP contribution >= 0.6 is 0 Å². The molecule has 4 amide bonds. The van der Waals surface area contributed by atoms with Crippen molar-refractivity contribution in [2.45, 2.75) is 6.04 Å². The number of fused-ring (bicyclic) bond motifs is 1. The normalized spacial score (nSPS) is 19.8. The number of hydrogen-bond donors (Lipinski definition) is 2. The summed E-state index contributed by atoms with van der Waals surface area (Å²) in [6, 6.07) is 11.6. The summed E-state index contributed by atoms with van der Waals surface area (Å²) in [5.74, 6) is 0. The number of carbonyl (C=O) groups excluding carboxylic acids is 2. The molecule has 0 aliphatic carbocycles. The lowest BCUT2D eigenvalue weighted by molar-refractivity contribution is 0.136. The number of aromatic nitrogens is 1. The van der Waals surface area contributed by atoms with Crippen LogP contribution in [0.4, 0.5) is 15.3 Å². The average molecular weight is 325 g/mol. The topological polar surface area (TPSA) is 69.6 Å². The van der Waals surface area contributed by atoms with E-state index in [1.165, 1.54) is 0 Å². The molecule has 1 aromatic heterocycles. The fraction of sp³-hybridized carbons (Fsp3) is 0.294. The molecular formula is C17H19N5O2. The van der Waals surface area contributed by atoms with Crippen molar-refractivity contribution in [2.75, 3.05) is 31.5 Å². The van der Waals surface area contributed by atoms with Crippen LogP contribution in [0.2, 0.25) is 0 Å². The molecule has 7 nitrogen and oxygen atoms in total.